The first-order valence-electron chi connectivity index (χ1n) is 10.2. The summed E-state index contributed by atoms with van der Waals surface area (Å²) >= 11 is 0. The minimum Gasteiger partial charge on any atom is -0.493 e. The summed E-state index contributed by atoms with van der Waals surface area (Å²) < 4.78 is 11.7. The van der Waals surface area contributed by atoms with Crippen LogP contribution in [0.1, 0.15) is 45.1 Å². The minimum absolute atomic E-state index is 0.154. The molecule has 4 heteroatoms. The van der Waals surface area contributed by atoms with Crippen molar-refractivity contribution in [3.05, 3.63) is 88.0 Å². The number of rotatable bonds is 7. The lowest BCUT2D eigenvalue weighted by Gasteiger charge is -2.15. The van der Waals surface area contributed by atoms with Crippen LogP contribution in [0.2, 0.25) is 0 Å². The van der Waals surface area contributed by atoms with Crippen molar-refractivity contribution in [1.82, 2.24) is 0 Å². The van der Waals surface area contributed by atoms with E-state index >= 15 is 0 Å². The summed E-state index contributed by atoms with van der Waals surface area (Å²) in [7, 11) is 0. The Morgan fingerprint density at radius 1 is 0.833 bits per heavy atom. The molecule has 1 N–H and O–H groups in total. The Balaban J connectivity index is 1.81. The topological polar surface area (TPSA) is 47.6 Å². The Kier molecular flexibility index (Phi) is 6.78. The molecule has 3 aromatic rings. The largest absolute Gasteiger partial charge is 0.493 e. The van der Waals surface area contributed by atoms with Gasteiger partial charge in [-0.05, 0) is 93.3 Å². The highest BCUT2D eigenvalue weighted by Gasteiger charge is 2.13. The fraction of sp³-hybridized carbons (Fsp3) is 0.269. The average Bonchev–Trinajstić information content (AvgIpc) is 2.72. The van der Waals surface area contributed by atoms with E-state index in [4.69, 9.17) is 9.47 Å². The molecule has 0 heterocycles. The maximum atomic E-state index is 12.9. The van der Waals surface area contributed by atoms with Gasteiger partial charge in [0.2, 0.25) is 0 Å². The first-order valence-corrected chi connectivity index (χ1v) is 10.2. The zero-order chi connectivity index (χ0) is 21.7. The number of carbonyl (C=O) groups excluding carboxylic acids is 1. The maximum Gasteiger partial charge on any atom is 0.255 e. The minimum atomic E-state index is -0.154. The third kappa shape index (κ3) is 5.20. The number of aryl methyl sites for hydroxylation is 4. The van der Waals surface area contributed by atoms with E-state index in [-0.39, 0.29) is 5.91 Å². The molecule has 4 nitrogen and oxygen atoms in total. The SMILES string of the molecule is CCOc1ccc(C(=O)Nc2cc(C)ccc2C)cc1COc1ccc(C)c(C)c1. The van der Waals surface area contributed by atoms with E-state index in [1.54, 1.807) is 6.07 Å². The van der Waals surface area contributed by atoms with Crippen molar-refractivity contribution in [2.24, 2.45) is 0 Å². The molecule has 156 valence electrons. The number of anilines is 1. The monoisotopic (exact) mass is 403 g/mol. The normalized spacial score (nSPS) is 10.6. The van der Waals surface area contributed by atoms with Crippen LogP contribution in [-0.2, 0) is 6.61 Å². The van der Waals surface area contributed by atoms with Gasteiger partial charge >= 0.3 is 0 Å². The molecular weight excluding hydrogens is 374 g/mol. The third-order valence-electron chi connectivity index (χ3n) is 5.14. The van der Waals surface area contributed by atoms with Crippen LogP contribution in [0.15, 0.2) is 54.6 Å². The van der Waals surface area contributed by atoms with Crippen molar-refractivity contribution < 1.29 is 14.3 Å². The van der Waals surface area contributed by atoms with E-state index in [2.05, 4.69) is 19.2 Å². The summed E-state index contributed by atoms with van der Waals surface area (Å²) in [6.07, 6.45) is 0. The van der Waals surface area contributed by atoms with Gasteiger partial charge in [0.15, 0.2) is 0 Å². The lowest BCUT2D eigenvalue weighted by Crippen LogP contribution is -2.14. The van der Waals surface area contributed by atoms with E-state index in [1.165, 1.54) is 11.1 Å². The van der Waals surface area contributed by atoms with Crippen LogP contribution in [-0.4, -0.2) is 12.5 Å². The molecule has 0 saturated heterocycles. The molecule has 3 aromatic carbocycles. The maximum absolute atomic E-state index is 12.9. The van der Waals surface area contributed by atoms with Crippen molar-refractivity contribution in [1.29, 1.82) is 0 Å². The Labute approximate surface area is 178 Å². The van der Waals surface area contributed by atoms with Gasteiger partial charge in [-0.15, -0.1) is 0 Å². The van der Waals surface area contributed by atoms with Crippen molar-refractivity contribution >= 4 is 11.6 Å². The number of hydrogen-bond donors (Lipinski definition) is 1. The Morgan fingerprint density at radius 3 is 2.33 bits per heavy atom. The van der Waals surface area contributed by atoms with E-state index in [0.717, 1.165) is 33.9 Å². The van der Waals surface area contributed by atoms with Crippen LogP contribution in [0.4, 0.5) is 5.69 Å². The molecular formula is C26H29NO3. The van der Waals surface area contributed by atoms with Gasteiger partial charge in [0.1, 0.15) is 18.1 Å². The number of benzene rings is 3. The van der Waals surface area contributed by atoms with Gasteiger partial charge in [-0.3, -0.25) is 4.79 Å². The molecule has 0 aliphatic rings. The first-order chi connectivity index (χ1) is 14.4. The van der Waals surface area contributed by atoms with Crippen LogP contribution in [0, 0.1) is 27.7 Å². The van der Waals surface area contributed by atoms with Crippen LogP contribution in [0.5, 0.6) is 11.5 Å². The van der Waals surface area contributed by atoms with Crippen LogP contribution < -0.4 is 14.8 Å². The Morgan fingerprint density at radius 2 is 1.60 bits per heavy atom. The molecule has 0 spiro atoms. The average molecular weight is 404 g/mol. The second kappa shape index (κ2) is 9.49. The summed E-state index contributed by atoms with van der Waals surface area (Å²) in [5, 5.41) is 3.01. The second-order valence-electron chi connectivity index (χ2n) is 7.56. The van der Waals surface area contributed by atoms with Crippen molar-refractivity contribution in [2.45, 2.75) is 41.2 Å². The van der Waals surface area contributed by atoms with Gasteiger partial charge in [0.05, 0.1) is 6.61 Å². The lowest BCUT2D eigenvalue weighted by molar-refractivity contribution is 0.102. The molecule has 0 fully saturated rings. The van der Waals surface area contributed by atoms with Crippen LogP contribution in [0.3, 0.4) is 0 Å². The van der Waals surface area contributed by atoms with Gasteiger partial charge in [-0.25, -0.2) is 0 Å². The zero-order valence-electron chi connectivity index (χ0n) is 18.3. The summed E-state index contributed by atoms with van der Waals surface area (Å²) in [6.45, 7) is 10.9. The molecule has 0 aliphatic heterocycles. The predicted octanol–water partition coefficient (Wildman–Crippen LogP) is 6.15. The number of ether oxygens (including phenoxy) is 2. The Bertz CT molecular complexity index is 1060. The highest BCUT2D eigenvalue weighted by molar-refractivity contribution is 6.04. The van der Waals surface area contributed by atoms with Crippen molar-refractivity contribution in [3.8, 4) is 11.5 Å². The van der Waals surface area contributed by atoms with Gasteiger partial charge in [-0.1, -0.05) is 18.2 Å². The number of hydrogen-bond acceptors (Lipinski definition) is 3. The summed E-state index contributed by atoms with van der Waals surface area (Å²) in [5.74, 6) is 1.37. The standard InChI is InChI=1S/C26H29NO3/c1-6-29-25-12-10-21(26(28)27-24-13-17(2)7-8-19(24)4)15-22(25)16-30-23-11-9-18(3)20(5)14-23/h7-15H,6,16H2,1-5H3,(H,27,28). The smallest absolute Gasteiger partial charge is 0.255 e. The zero-order valence-corrected chi connectivity index (χ0v) is 18.3. The quantitative estimate of drug-likeness (QED) is 0.515. The van der Waals surface area contributed by atoms with Crippen LogP contribution in [0.25, 0.3) is 0 Å². The predicted molar refractivity (Wildman–Crippen MR) is 122 cm³/mol. The molecule has 0 saturated carbocycles. The lowest BCUT2D eigenvalue weighted by atomic mass is 10.1. The molecule has 0 aromatic heterocycles. The van der Waals surface area contributed by atoms with Gasteiger partial charge in [0.25, 0.3) is 5.91 Å². The van der Waals surface area contributed by atoms with Crippen molar-refractivity contribution in [3.63, 3.8) is 0 Å². The van der Waals surface area contributed by atoms with Crippen molar-refractivity contribution in [2.75, 3.05) is 11.9 Å². The number of amides is 1. The third-order valence-corrected chi connectivity index (χ3v) is 5.14. The highest BCUT2D eigenvalue weighted by atomic mass is 16.5. The fourth-order valence-corrected chi connectivity index (χ4v) is 3.16. The van der Waals surface area contributed by atoms with Gasteiger partial charge < -0.3 is 14.8 Å². The molecule has 0 radical (unpaired) electrons. The summed E-state index contributed by atoms with van der Waals surface area (Å²) in [4.78, 5) is 12.9. The fourth-order valence-electron chi connectivity index (χ4n) is 3.16. The summed E-state index contributed by atoms with van der Waals surface area (Å²) in [6, 6.07) is 17.5. The van der Waals surface area contributed by atoms with E-state index < -0.39 is 0 Å². The summed E-state index contributed by atoms with van der Waals surface area (Å²) in [5.41, 5.74) is 6.76. The molecule has 0 unspecified atom stereocenters. The number of nitrogens with one attached hydrogen (secondary N) is 1. The second-order valence-corrected chi connectivity index (χ2v) is 7.56. The van der Waals surface area contributed by atoms with E-state index in [9.17, 15) is 4.79 Å². The molecule has 1 amide bonds. The first kappa shape index (κ1) is 21.4. The van der Waals surface area contributed by atoms with Crippen LogP contribution >= 0.6 is 0 Å². The molecule has 3 rings (SSSR count). The Hall–Kier alpha value is -3.27. The molecule has 0 aliphatic carbocycles. The van der Waals surface area contributed by atoms with E-state index in [1.807, 2.05) is 69.3 Å². The van der Waals surface area contributed by atoms with E-state index in [0.29, 0.717) is 18.8 Å². The molecule has 0 atom stereocenters. The molecule has 0 bridgehead atoms. The number of carbonyl (C=O) groups is 1. The molecule has 30 heavy (non-hydrogen) atoms. The van der Waals surface area contributed by atoms with Gasteiger partial charge in [0, 0.05) is 16.8 Å². The van der Waals surface area contributed by atoms with Gasteiger partial charge in [-0.2, -0.15) is 0 Å². The highest BCUT2D eigenvalue weighted by Crippen LogP contribution is 2.25.